The fourth-order valence-corrected chi connectivity index (χ4v) is 2.93. The minimum atomic E-state index is -0.0933. The van der Waals surface area contributed by atoms with Gasteiger partial charge in [-0.05, 0) is 38.8 Å². The number of halogens is 1. The molecule has 18 heavy (non-hydrogen) atoms. The first-order chi connectivity index (χ1) is 7.92. The zero-order valence-electron chi connectivity index (χ0n) is 12.3. The first-order valence-electron chi connectivity index (χ1n) is 7.04. The van der Waals surface area contributed by atoms with Crippen molar-refractivity contribution in [2.75, 3.05) is 32.8 Å². The number of nitrogens with one attached hydrogen (secondary N) is 1. The number of hydrogen-bond donors (Lipinski definition) is 1. The molecule has 2 fully saturated rings. The summed E-state index contributed by atoms with van der Waals surface area (Å²) in [7, 11) is 0. The monoisotopic (exact) mass is 276 g/mol. The Morgan fingerprint density at radius 3 is 2.56 bits per heavy atom. The van der Waals surface area contributed by atoms with Crippen LogP contribution in [0.2, 0.25) is 0 Å². The van der Waals surface area contributed by atoms with Crippen molar-refractivity contribution in [3.05, 3.63) is 0 Å². The Balaban J connectivity index is 0.00000162. The van der Waals surface area contributed by atoms with Crippen LogP contribution in [0.5, 0.6) is 0 Å². The lowest BCUT2D eigenvalue weighted by Gasteiger charge is -2.43. The van der Waals surface area contributed by atoms with Crippen molar-refractivity contribution in [2.45, 2.75) is 46.3 Å². The normalized spacial score (nSPS) is 36.3. The third-order valence-corrected chi connectivity index (χ3v) is 4.22. The number of likely N-dealkylation sites (tertiary alicyclic amines) is 1. The molecule has 2 aliphatic heterocycles. The van der Waals surface area contributed by atoms with Crippen LogP contribution in [0, 0.1) is 11.3 Å². The third-order valence-electron chi connectivity index (χ3n) is 4.22. The molecule has 0 amide bonds. The third kappa shape index (κ3) is 4.09. The van der Waals surface area contributed by atoms with E-state index in [1.165, 1.54) is 26.1 Å². The molecule has 108 valence electrons. The van der Waals surface area contributed by atoms with Crippen molar-refractivity contribution in [1.29, 1.82) is 0 Å². The second-order valence-corrected chi connectivity index (χ2v) is 6.79. The van der Waals surface area contributed by atoms with Crippen LogP contribution in [0.15, 0.2) is 0 Å². The highest BCUT2D eigenvalue weighted by atomic mass is 35.5. The summed E-state index contributed by atoms with van der Waals surface area (Å²) in [6.45, 7) is 14.6. The maximum atomic E-state index is 6.08. The van der Waals surface area contributed by atoms with E-state index in [9.17, 15) is 0 Å². The van der Waals surface area contributed by atoms with Gasteiger partial charge in [-0.3, -0.25) is 5.32 Å². The highest BCUT2D eigenvalue weighted by Crippen LogP contribution is 2.31. The average molecular weight is 277 g/mol. The Morgan fingerprint density at radius 2 is 2.06 bits per heavy atom. The molecule has 0 aromatic carbocycles. The minimum Gasteiger partial charge on any atom is -0.360 e. The second kappa shape index (κ2) is 6.08. The summed E-state index contributed by atoms with van der Waals surface area (Å²) >= 11 is 0. The Hall–Kier alpha value is 0.170. The molecule has 2 heterocycles. The zero-order chi connectivity index (χ0) is 12.5. The summed E-state index contributed by atoms with van der Waals surface area (Å²) < 4.78 is 6.08. The van der Waals surface area contributed by atoms with E-state index in [0.717, 1.165) is 25.5 Å². The lowest BCUT2D eigenvalue weighted by Crippen LogP contribution is -2.56. The standard InChI is InChI=1S/C14H28N2O.ClH/c1-5-16-7-6-12(9-16)8-14(4)15-10-13(2,3)11-17-14;/h12,15H,5-11H2,1-4H3;1H. The summed E-state index contributed by atoms with van der Waals surface area (Å²) in [6, 6.07) is 0. The molecule has 2 saturated heterocycles. The lowest BCUT2D eigenvalue weighted by atomic mass is 9.89. The van der Waals surface area contributed by atoms with Crippen molar-refractivity contribution in [3.63, 3.8) is 0 Å². The van der Waals surface area contributed by atoms with Crippen molar-refractivity contribution >= 4 is 12.4 Å². The van der Waals surface area contributed by atoms with Crippen molar-refractivity contribution in [1.82, 2.24) is 10.2 Å². The van der Waals surface area contributed by atoms with E-state index in [4.69, 9.17) is 4.74 Å². The van der Waals surface area contributed by atoms with Crippen LogP contribution in [0.1, 0.15) is 40.5 Å². The Bertz CT molecular complexity index is 261. The van der Waals surface area contributed by atoms with Gasteiger partial charge in [-0.1, -0.05) is 20.8 Å². The first kappa shape index (κ1) is 16.2. The van der Waals surface area contributed by atoms with Crippen molar-refractivity contribution < 1.29 is 4.74 Å². The van der Waals surface area contributed by atoms with Gasteiger partial charge < -0.3 is 9.64 Å². The molecule has 0 radical (unpaired) electrons. The topological polar surface area (TPSA) is 24.5 Å². The molecule has 2 unspecified atom stereocenters. The van der Waals surface area contributed by atoms with E-state index in [2.05, 4.69) is 37.9 Å². The SMILES string of the molecule is CCN1CCC(CC2(C)NCC(C)(C)CO2)C1.Cl. The van der Waals surface area contributed by atoms with Crippen LogP contribution in [0.3, 0.4) is 0 Å². The van der Waals surface area contributed by atoms with Crippen LogP contribution < -0.4 is 5.32 Å². The van der Waals surface area contributed by atoms with Gasteiger partial charge in [0.05, 0.1) is 6.61 Å². The molecule has 2 rings (SSSR count). The van der Waals surface area contributed by atoms with Crippen molar-refractivity contribution in [2.24, 2.45) is 11.3 Å². The predicted molar refractivity (Wildman–Crippen MR) is 78.2 cm³/mol. The molecule has 4 heteroatoms. The molecule has 1 N–H and O–H groups in total. The molecule has 0 spiro atoms. The summed E-state index contributed by atoms with van der Waals surface area (Å²) in [6.07, 6.45) is 2.48. The molecule has 2 atom stereocenters. The predicted octanol–water partition coefficient (Wildman–Crippen LogP) is 2.50. The summed E-state index contributed by atoms with van der Waals surface area (Å²) in [5.74, 6) is 0.800. The molecule has 0 aromatic rings. The molecule has 0 saturated carbocycles. The van der Waals surface area contributed by atoms with Crippen LogP contribution >= 0.6 is 12.4 Å². The number of nitrogens with zero attached hydrogens (tertiary/aromatic N) is 1. The Morgan fingerprint density at radius 1 is 1.33 bits per heavy atom. The van der Waals surface area contributed by atoms with Crippen molar-refractivity contribution in [3.8, 4) is 0 Å². The Kier molecular flexibility index (Phi) is 5.48. The van der Waals surface area contributed by atoms with Crippen LogP contribution in [-0.4, -0.2) is 43.4 Å². The van der Waals surface area contributed by atoms with Gasteiger partial charge in [0.1, 0.15) is 5.72 Å². The second-order valence-electron chi connectivity index (χ2n) is 6.79. The lowest BCUT2D eigenvalue weighted by molar-refractivity contribution is -0.136. The number of ether oxygens (including phenoxy) is 1. The van der Waals surface area contributed by atoms with E-state index in [1.54, 1.807) is 0 Å². The highest BCUT2D eigenvalue weighted by molar-refractivity contribution is 5.85. The number of rotatable bonds is 3. The highest BCUT2D eigenvalue weighted by Gasteiger charge is 2.38. The molecule has 0 aromatic heterocycles. The fourth-order valence-electron chi connectivity index (χ4n) is 2.93. The van der Waals surface area contributed by atoms with Gasteiger partial charge in [-0.25, -0.2) is 0 Å². The molecule has 3 nitrogen and oxygen atoms in total. The van der Waals surface area contributed by atoms with Gasteiger partial charge in [0.2, 0.25) is 0 Å². The molecular weight excluding hydrogens is 248 g/mol. The average Bonchev–Trinajstić information content (AvgIpc) is 2.71. The zero-order valence-corrected chi connectivity index (χ0v) is 13.1. The largest absolute Gasteiger partial charge is 0.360 e. The van der Waals surface area contributed by atoms with E-state index < -0.39 is 0 Å². The fraction of sp³-hybridized carbons (Fsp3) is 1.00. The van der Waals surface area contributed by atoms with Gasteiger partial charge >= 0.3 is 0 Å². The maximum absolute atomic E-state index is 6.08. The van der Waals surface area contributed by atoms with Gasteiger partial charge in [-0.2, -0.15) is 0 Å². The van der Waals surface area contributed by atoms with E-state index in [0.29, 0.717) is 0 Å². The quantitative estimate of drug-likeness (QED) is 0.857. The Labute approximate surface area is 118 Å². The van der Waals surface area contributed by atoms with Gasteiger partial charge in [0.25, 0.3) is 0 Å². The van der Waals surface area contributed by atoms with Gasteiger partial charge in [0.15, 0.2) is 0 Å². The molecular formula is C14H29ClN2O. The molecule has 0 aliphatic carbocycles. The summed E-state index contributed by atoms with van der Waals surface area (Å²) in [4.78, 5) is 2.54. The van der Waals surface area contributed by atoms with Crippen LogP contribution in [0.4, 0.5) is 0 Å². The van der Waals surface area contributed by atoms with E-state index >= 15 is 0 Å². The summed E-state index contributed by atoms with van der Waals surface area (Å²) in [5, 5.41) is 3.60. The molecule has 0 bridgehead atoms. The summed E-state index contributed by atoms with van der Waals surface area (Å²) in [5.41, 5.74) is 0.189. The van der Waals surface area contributed by atoms with Gasteiger partial charge in [-0.15, -0.1) is 12.4 Å². The first-order valence-corrected chi connectivity index (χ1v) is 7.04. The number of hydrogen-bond acceptors (Lipinski definition) is 3. The maximum Gasteiger partial charge on any atom is 0.116 e. The van der Waals surface area contributed by atoms with E-state index in [-0.39, 0.29) is 23.5 Å². The minimum absolute atomic E-state index is 0. The molecule has 2 aliphatic rings. The van der Waals surface area contributed by atoms with E-state index in [1.807, 2.05) is 0 Å². The smallest absolute Gasteiger partial charge is 0.116 e. The van der Waals surface area contributed by atoms with Crippen LogP contribution in [0.25, 0.3) is 0 Å². The van der Waals surface area contributed by atoms with Gasteiger partial charge in [0, 0.05) is 18.5 Å². The van der Waals surface area contributed by atoms with Crippen LogP contribution in [-0.2, 0) is 4.74 Å².